The van der Waals surface area contributed by atoms with E-state index in [0.29, 0.717) is 16.8 Å². The quantitative estimate of drug-likeness (QED) is 0.395. The van der Waals surface area contributed by atoms with Crippen LogP contribution in [0.2, 0.25) is 0 Å². The largest absolute Gasteiger partial charge is 0.369 e. The van der Waals surface area contributed by atoms with Crippen LogP contribution in [0.5, 0.6) is 0 Å². The number of amides is 2. The lowest BCUT2D eigenvalue weighted by atomic mass is 10.1. The van der Waals surface area contributed by atoms with Crippen molar-refractivity contribution in [2.24, 2.45) is 0 Å². The molecular weight excluding hydrogens is 409 g/mol. The van der Waals surface area contributed by atoms with E-state index in [1.807, 2.05) is 4.90 Å². The van der Waals surface area contributed by atoms with Crippen LogP contribution in [0.4, 0.5) is 20.6 Å². The molecule has 2 fully saturated rings. The molecule has 2 aliphatic heterocycles. The molecule has 0 aliphatic carbocycles. The van der Waals surface area contributed by atoms with Gasteiger partial charge in [-0.1, -0.05) is 18.2 Å². The van der Waals surface area contributed by atoms with E-state index in [9.17, 15) is 24.1 Å². The van der Waals surface area contributed by atoms with Gasteiger partial charge in [0.15, 0.2) is 0 Å². The third kappa shape index (κ3) is 4.06. The van der Waals surface area contributed by atoms with Crippen molar-refractivity contribution in [1.29, 1.82) is 0 Å². The Bertz CT molecular complexity index is 1050. The van der Waals surface area contributed by atoms with E-state index in [1.54, 1.807) is 12.1 Å². The fourth-order valence-corrected chi connectivity index (χ4v) is 4.36. The first-order chi connectivity index (χ1) is 14.4. The third-order valence-corrected chi connectivity index (χ3v) is 5.99. The predicted molar refractivity (Wildman–Crippen MR) is 112 cm³/mol. The molecule has 2 saturated heterocycles. The molecule has 2 heterocycles. The summed E-state index contributed by atoms with van der Waals surface area (Å²) in [6, 6.07) is 10.5. The van der Waals surface area contributed by atoms with Crippen LogP contribution in [-0.4, -0.2) is 34.1 Å². The molecule has 0 saturated carbocycles. The number of carbonyl (C=O) groups is 2. The zero-order chi connectivity index (χ0) is 21.3. The number of hydrogen-bond donors (Lipinski definition) is 0. The summed E-state index contributed by atoms with van der Waals surface area (Å²) >= 11 is 0.797. The Morgan fingerprint density at radius 2 is 1.80 bits per heavy atom. The average molecular weight is 427 g/mol. The topological polar surface area (TPSA) is 83.8 Å². The number of carbonyl (C=O) groups excluding carboxylic acids is 2. The van der Waals surface area contributed by atoms with Crippen LogP contribution in [-0.2, 0) is 11.3 Å². The summed E-state index contributed by atoms with van der Waals surface area (Å²) in [4.78, 5) is 38.5. The Balaban J connectivity index is 1.49. The van der Waals surface area contributed by atoms with Gasteiger partial charge in [-0.2, -0.15) is 0 Å². The SMILES string of the molecule is O=C1S/C(=C\c2ccc(N3CCCC3)c(F)c2)C(=O)N1Cc1ccc([N+](=O)[O-])cc1. The summed E-state index contributed by atoms with van der Waals surface area (Å²) in [5.41, 5.74) is 1.60. The molecule has 9 heteroatoms. The molecule has 0 spiro atoms. The standard InChI is InChI=1S/C21H18FN3O4S/c22-17-11-15(5-8-18(17)23-9-1-2-10-23)12-19-20(26)24(21(27)30-19)13-14-3-6-16(7-4-14)25(28)29/h3-8,11-12H,1-2,9-10,13H2/b19-12-. The number of non-ortho nitro benzene ring substituents is 1. The minimum atomic E-state index is -0.513. The van der Waals surface area contributed by atoms with Crippen LogP contribution in [0.15, 0.2) is 47.4 Å². The first kappa shape index (κ1) is 20.1. The van der Waals surface area contributed by atoms with Gasteiger partial charge in [-0.15, -0.1) is 0 Å². The van der Waals surface area contributed by atoms with Gasteiger partial charge < -0.3 is 4.90 Å². The van der Waals surface area contributed by atoms with Crippen molar-refractivity contribution in [1.82, 2.24) is 4.90 Å². The van der Waals surface area contributed by atoms with Crippen molar-refractivity contribution < 1.29 is 18.9 Å². The van der Waals surface area contributed by atoms with Crippen LogP contribution in [0, 0.1) is 15.9 Å². The number of rotatable bonds is 5. The molecule has 0 aromatic heterocycles. The monoisotopic (exact) mass is 427 g/mol. The Morgan fingerprint density at radius 3 is 2.43 bits per heavy atom. The van der Waals surface area contributed by atoms with Gasteiger partial charge in [-0.3, -0.25) is 24.6 Å². The minimum absolute atomic E-state index is 0.0161. The second-order valence-electron chi connectivity index (χ2n) is 7.10. The highest BCUT2D eigenvalue weighted by molar-refractivity contribution is 8.18. The van der Waals surface area contributed by atoms with Gasteiger partial charge in [0, 0.05) is 25.2 Å². The number of halogens is 1. The number of hydrogen-bond acceptors (Lipinski definition) is 6. The second kappa shape index (κ2) is 8.27. The second-order valence-corrected chi connectivity index (χ2v) is 8.09. The number of nitro benzene ring substituents is 1. The molecule has 7 nitrogen and oxygen atoms in total. The van der Waals surface area contributed by atoms with Crippen molar-refractivity contribution in [3.8, 4) is 0 Å². The summed E-state index contributed by atoms with van der Waals surface area (Å²) in [5, 5.41) is 10.3. The third-order valence-electron chi connectivity index (χ3n) is 5.08. The summed E-state index contributed by atoms with van der Waals surface area (Å²) in [5.74, 6) is -0.817. The minimum Gasteiger partial charge on any atom is -0.369 e. The number of thioether (sulfide) groups is 1. The van der Waals surface area contributed by atoms with E-state index in [0.717, 1.165) is 42.6 Å². The molecule has 0 radical (unpaired) electrons. The van der Waals surface area contributed by atoms with Crippen molar-refractivity contribution >= 4 is 40.4 Å². The van der Waals surface area contributed by atoms with Gasteiger partial charge in [-0.05, 0) is 53.9 Å². The van der Waals surface area contributed by atoms with Crippen LogP contribution >= 0.6 is 11.8 Å². The van der Waals surface area contributed by atoms with Crippen molar-refractivity contribution in [3.05, 3.63) is 74.4 Å². The molecule has 2 aliphatic rings. The molecule has 0 bridgehead atoms. The highest BCUT2D eigenvalue weighted by atomic mass is 32.2. The van der Waals surface area contributed by atoms with E-state index in [1.165, 1.54) is 36.4 Å². The maximum atomic E-state index is 14.5. The predicted octanol–water partition coefficient (Wildman–Crippen LogP) is 4.57. The summed E-state index contributed by atoms with van der Waals surface area (Å²) < 4.78 is 14.5. The lowest BCUT2D eigenvalue weighted by Gasteiger charge is -2.18. The Labute approximate surface area is 176 Å². The molecule has 154 valence electrons. The molecule has 4 rings (SSSR count). The summed E-state index contributed by atoms with van der Waals surface area (Å²) in [6.07, 6.45) is 3.60. The fraction of sp³-hybridized carbons (Fsp3) is 0.238. The van der Waals surface area contributed by atoms with Crippen LogP contribution in [0.3, 0.4) is 0 Å². The van der Waals surface area contributed by atoms with Crippen molar-refractivity contribution in [3.63, 3.8) is 0 Å². The van der Waals surface area contributed by atoms with E-state index in [-0.39, 0.29) is 23.0 Å². The molecule has 0 N–H and O–H groups in total. The number of nitro groups is 1. The number of imide groups is 1. The molecule has 2 aromatic rings. The van der Waals surface area contributed by atoms with Crippen LogP contribution in [0.1, 0.15) is 24.0 Å². The van der Waals surface area contributed by atoms with Gasteiger partial charge in [0.25, 0.3) is 16.8 Å². The van der Waals surface area contributed by atoms with Gasteiger partial charge in [-0.25, -0.2) is 4.39 Å². The van der Waals surface area contributed by atoms with Crippen LogP contribution in [0.25, 0.3) is 6.08 Å². The molecule has 2 aromatic carbocycles. The maximum absolute atomic E-state index is 14.5. The zero-order valence-corrected chi connectivity index (χ0v) is 16.7. The Kier molecular flexibility index (Phi) is 5.54. The lowest BCUT2D eigenvalue weighted by molar-refractivity contribution is -0.384. The van der Waals surface area contributed by atoms with E-state index in [4.69, 9.17) is 0 Å². The van der Waals surface area contributed by atoms with Gasteiger partial charge in [0.2, 0.25) is 0 Å². The molecule has 30 heavy (non-hydrogen) atoms. The molecule has 0 unspecified atom stereocenters. The smallest absolute Gasteiger partial charge is 0.293 e. The van der Waals surface area contributed by atoms with E-state index in [2.05, 4.69) is 0 Å². The highest BCUT2D eigenvalue weighted by Crippen LogP contribution is 2.34. The van der Waals surface area contributed by atoms with Gasteiger partial charge in [0.05, 0.1) is 22.1 Å². The van der Waals surface area contributed by atoms with Gasteiger partial charge >= 0.3 is 0 Å². The number of anilines is 1. The Hall–Kier alpha value is -3.20. The zero-order valence-electron chi connectivity index (χ0n) is 15.9. The fourth-order valence-electron chi connectivity index (χ4n) is 3.52. The van der Waals surface area contributed by atoms with Crippen molar-refractivity contribution in [2.75, 3.05) is 18.0 Å². The van der Waals surface area contributed by atoms with Crippen molar-refractivity contribution in [2.45, 2.75) is 19.4 Å². The van der Waals surface area contributed by atoms with E-state index >= 15 is 0 Å². The molecular formula is C21H18FN3O4S. The Morgan fingerprint density at radius 1 is 1.10 bits per heavy atom. The highest BCUT2D eigenvalue weighted by Gasteiger charge is 2.35. The molecule has 0 atom stereocenters. The summed E-state index contributed by atoms with van der Waals surface area (Å²) in [7, 11) is 0. The van der Waals surface area contributed by atoms with Crippen LogP contribution < -0.4 is 4.90 Å². The van der Waals surface area contributed by atoms with E-state index < -0.39 is 16.1 Å². The maximum Gasteiger partial charge on any atom is 0.293 e. The lowest BCUT2D eigenvalue weighted by Crippen LogP contribution is -2.27. The average Bonchev–Trinajstić information content (AvgIpc) is 3.33. The first-order valence-corrected chi connectivity index (χ1v) is 10.3. The normalized spacial score (nSPS) is 18.0. The summed E-state index contributed by atoms with van der Waals surface area (Å²) in [6.45, 7) is 1.68. The first-order valence-electron chi connectivity index (χ1n) is 9.45. The number of nitrogens with zero attached hydrogens (tertiary/aromatic N) is 3. The number of benzene rings is 2. The molecule has 2 amide bonds. The van der Waals surface area contributed by atoms with Gasteiger partial charge in [0.1, 0.15) is 5.82 Å².